The number of unbranched alkanes of at least 4 members (excludes halogenated alkanes) is 2. The fourth-order valence-electron chi connectivity index (χ4n) is 2.30. The van der Waals surface area contributed by atoms with Gasteiger partial charge < -0.3 is 9.47 Å². The molecule has 0 amide bonds. The van der Waals surface area contributed by atoms with Crippen molar-refractivity contribution in [2.45, 2.75) is 32.6 Å². The van der Waals surface area contributed by atoms with Crippen LogP contribution in [0.4, 0.5) is 4.79 Å². The predicted molar refractivity (Wildman–Crippen MR) is 79.3 cm³/mol. The molecule has 106 valence electrons. The molecule has 0 unspecified atom stereocenters. The molecule has 0 fully saturated rings. The Morgan fingerprint density at radius 2 is 2.00 bits per heavy atom. The van der Waals surface area contributed by atoms with E-state index in [0.717, 1.165) is 17.5 Å². The first-order valence-corrected chi connectivity index (χ1v) is 7.02. The summed E-state index contributed by atoms with van der Waals surface area (Å²) < 4.78 is 9.65. The van der Waals surface area contributed by atoms with Crippen molar-refractivity contribution in [3.8, 4) is 16.9 Å². The van der Waals surface area contributed by atoms with Gasteiger partial charge in [0.25, 0.3) is 0 Å². The Bertz CT molecular complexity index is 548. The van der Waals surface area contributed by atoms with E-state index in [1.54, 1.807) is 6.07 Å². The van der Waals surface area contributed by atoms with E-state index < -0.39 is 6.16 Å². The summed E-state index contributed by atoms with van der Waals surface area (Å²) in [7, 11) is 1.31. The van der Waals surface area contributed by atoms with E-state index in [-0.39, 0.29) is 0 Å². The van der Waals surface area contributed by atoms with E-state index in [2.05, 4.69) is 23.8 Å². The number of hydrogen-bond donors (Lipinski definition) is 0. The van der Waals surface area contributed by atoms with Gasteiger partial charge in [0, 0.05) is 0 Å². The van der Waals surface area contributed by atoms with E-state index in [1.807, 2.05) is 18.2 Å². The van der Waals surface area contributed by atoms with Crippen LogP contribution in [0.1, 0.15) is 31.7 Å². The zero-order valence-corrected chi connectivity index (χ0v) is 12.0. The van der Waals surface area contributed by atoms with Gasteiger partial charge in [-0.05, 0) is 41.7 Å². The van der Waals surface area contributed by atoms with Gasteiger partial charge in [-0.2, -0.15) is 0 Å². The maximum Gasteiger partial charge on any atom is 0.513 e. The number of carbonyl (C=O) groups excluding carboxylic acids is 1. The molecule has 0 aromatic carbocycles. The summed E-state index contributed by atoms with van der Waals surface area (Å²) in [4.78, 5) is 11.2. The zero-order valence-electron chi connectivity index (χ0n) is 12.0. The van der Waals surface area contributed by atoms with Crippen LogP contribution in [-0.2, 0) is 11.2 Å². The van der Waals surface area contributed by atoms with Gasteiger partial charge in [0.05, 0.1) is 7.11 Å². The molecular formula is C17H20O3. The van der Waals surface area contributed by atoms with Crippen molar-refractivity contribution >= 4 is 6.16 Å². The fourth-order valence-corrected chi connectivity index (χ4v) is 2.30. The van der Waals surface area contributed by atoms with Crippen LogP contribution >= 0.6 is 0 Å². The van der Waals surface area contributed by atoms with Crippen LogP contribution in [0.2, 0.25) is 0 Å². The molecule has 0 aliphatic heterocycles. The van der Waals surface area contributed by atoms with E-state index in [4.69, 9.17) is 4.74 Å². The third kappa shape index (κ3) is 3.50. The van der Waals surface area contributed by atoms with Gasteiger partial charge in [0.1, 0.15) is 5.75 Å². The normalized spacial score (nSPS) is 10.5. The molecule has 0 spiro atoms. The molecule has 0 N–H and O–H groups in total. The van der Waals surface area contributed by atoms with Crippen LogP contribution in [0.25, 0.3) is 11.1 Å². The average molecular weight is 272 g/mol. The molecule has 0 atom stereocenters. The highest BCUT2D eigenvalue weighted by atomic mass is 16.7. The van der Waals surface area contributed by atoms with Crippen LogP contribution in [-0.4, -0.2) is 13.3 Å². The Hall–Kier alpha value is -2.03. The smallest absolute Gasteiger partial charge is 0.437 e. The fraction of sp³-hybridized carbons (Fsp3) is 0.353. The zero-order chi connectivity index (χ0) is 14.4. The van der Waals surface area contributed by atoms with Crippen LogP contribution in [0.3, 0.4) is 0 Å². The lowest BCUT2D eigenvalue weighted by atomic mass is 10.0. The van der Waals surface area contributed by atoms with Crippen molar-refractivity contribution in [3.05, 3.63) is 42.0 Å². The van der Waals surface area contributed by atoms with Crippen molar-refractivity contribution < 1.29 is 14.3 Å². The van der Waals surface area contributed by atoms with E-state index in [1.165, 1.54) is 31.9 Å². The molecule has 0 bridgehead atoms. The van der Waals surface area contributed by atoms with Crippen molar-refractivity contribution in [1.82, 2.24) is 0 Å². The van der Waals surface area contributed by atoms with E-state index >= 15 is 0 Å². The minimum atomic E-state index is -0.691. The largest absolute Gasteiger partial charge is 0.513 e. The van der Waals surface area contributed by atoms with Crippen LogP contribution in [0.5, 0.6) is 5.75 Å². The summed E-state index contributed by atoms with van der Waals surface area (Å²) in [6.45, 7) is 2.20. The lowest BCUT2D eigenvalue weighted by Crippen LogP contribution is -2.06. The maximum absolute atomic E-state index is 11.2. The minimum absolute atomic E-state index is 0.509. The third-order valence-corrected chi connectivity index (χ3v) is 3.36. The summed E-state index contributed by atoms with van der Waals surface area (Å²) in [5.41, 5.74) is 3.61. The average Bonchev–Trinajstić information content (AvgIpc) is 2.70. The summed E-state index contributed by atoms with van der Waals surface area (Å²) in [5, 5.41) is 0. The highest BCUT2D eigenvalue weighted by Gasteiger charge is 2.10. The number of methoxy groups -OCH3 is 1. The van der Waals surface area contributed by atoms with Crippen molar-refractivity contribution in [3.63, 3.8) is 0 Å². The van der Waals surface area contributed by atoms with Gasteiger partial charge in [-0.25, -0.2) is 4.79 Å². The topological polar surface area (TPSA) is 35.5 Å². The van der Waals surface area contributed by atoms with Gasteiger partial charge in [0.15, 0.2) is 0 Å². The van der Waals surface area contributed by atoms with Gasteiger partial charge >= 0.3 is 6.16 Å². The van der Waals surface area contributed by atoms with E-state index in [0.29, 0.717) is 5.75 Å². The lowest BCUT2D eigenvalue weighted by Gasteiger charge is -2.03. The number of carbonyl (C=O) groups is 1. The number of aryl methyl sites for hydroxylation is 1. The maximum atomic E-state index is 11.2. The highest BCUT2D eigenvalue weighted by molar-refractivity contribution is 5.73. The lowest BCUT2D eigenvalue weighted by molar-refractivity contribution is 0.121. The standard InChI is InChI=1S/C17H20O3/c1-3-4-5-7-13-10-11-14-8-6-9-15(12-16(13)14)20-17(18)19-2/h6,8-12H,3-5,7H2,1-2H3. The molecule has 0 aromatic heterocycles. The second-order valence-electron chi connectivity index (χ2n) is 4.81. The molecule has 0 aromatic rings. The number of rotatable bonds is 5. The molecule has 0 heterocycles. The summed E-state index contributed by atoms with van der Waals surface area (Å²) in [6, 6.07) is 11.9. The second-order valence-corrected chi connectivity index (χ2v) is 4.81. The molecule has 0 radical (unpaired) electrons. The highest BCUT2D eigenvalue weighted by Crippen LogP contribution is 2.31. The molecule has 0 saturated heterocycles. The van der Waals surface area contributed by atoms with Gasteiger partial charge in [-0.3, -0.25) is 0 Å². The van der Waals surface area contributed by atoms with Gasteiger partial charge in [-0.1, -0.05) is 44.0 Å². The SMILES string of the molecule is CCCCCc1ccc2cccc(OC(=O)OC)cc1-2. The number of ether oxygens (including phenoxy) is 2. The molecule has 3 nitrogen and oxygen atoms in total. The van der Waals surface area contributed by atoms with Crippen LogP contribution in [0.15, 0.2) is 36.4 Å². The van der Waals surface area contributed by atoms with Crippen molar-refractivity contribution in [2.75, 3.05) is 7.11 Å². The first-order chi connectivity index (χ1) is 9.74. The number of hydrogen-bond acceptors (Lipinski definition) is 3. The van der Waals surface area contributed by atoms with Crippen LogP contribution in [0, 0.1) is 0 Å². The summed E-state index contributed by atoms with van der Waals surface area (Å²) >= 11 is 0. The first kappa shape index (κ1) is 14.4. The number of fused-ring (bicyclic) bond motifs is 1. The Morgan fingerprint density at radius 3 is 2.75 bits per heavy atom. The predicted octanol–water partition coefficient (Wildman–Crippen LogP) is 4.67. The van der Waals surface area contributed by atoms with Crippen molar-refractivity contribution in [1.29, 1.82) is 0 Å². The van der Waals surface area contributed by atoms with Crippen molar-refractivity contribution in [2.24, 2.45) is 0 Å². The molecule has 2 aliphatic rings. The molecule has 0 saturated carbocycles. The van der Waals surface area contributed by atoms with Crippen LogP contribution < -0.4 is 4.74 Å². The summed E-state index contributed by atoms with van der Waals surface area (Å²) in [6.07, 6.45) is 3.99. The molecule has 2 aliphatic carbocycles. The Kier molecular flexibility index (Phi) is 4.99. The van der Waals surface area contributed by atoms with Gasteiger partial charge in [0.2, 0.25) is 0 Å². The molecular weight excluding hydrogens is 252 g/mol. The quantitative estimate of drug-likeness (QED) is 0.586. The molecule has 20 heavy (non-hydrogen) atoms. The first-order valence-electron chi connectivity index (χ1n) is 7.02. The summed E-state index contributed by atoms with van der Waals surface area (Å²) in [5.74, 6) is 0.509. The minimum Gasteiger partial charge on any atom is -0.437 e. The van der Waals surface area contributed by atoms with Gasteiger partial charge in [-0.15, -0.1) is 0 Å². The monoisotopic (exact) mass is 272 g/mol. The molecule has 3 heteroatoms. The third-order valence-electron chi connectivity index (χ3n) is 3.36. The Morgan fingerprint density at radius 1 is 1.15 bits per heavy atom. The molecule has 2 rings (SSSR count). The second kappa shape index (κ2) is 6.94. The Balaban J connectivity index is 2.24. The van der Waals surface area contributed by atoms with E-state index in [9.17, 15) is 4.79 Å². The Labute approximate surface area is 119 Å².